The maximum atomic E-state index is 11.9. The van der Waals surface area contributed by atoms with Gasteiger partial charge < -0.3 is 35.0 Å². The van der Waals surface area contributed by atoms with Crippen LogP contribution in [0.3, 0.4) is 0 Å². The molecule has 0 saturated heterocycles. The molecule has 0 saturated carbocycles. The molecule has 0 radical (unpaired) electrons. The smallest absolute Gasteiger partial charge is 0.418 e. The fraction of sp³-hybridized carbons (Fsp3) is 0.417. The predicted octanol–water partition coefficient (Wildman–Crippen LogP) is -2.23. The first-order chi connectivity index (χ1) is 11.8. The molecular formula is C12H12O14. The minimum Gasteiger partial charge on any atom is -0.481 e. The minimum atomic E-state index is -3.15. The Labute approximate surface area is 142 Å². The molecule has 1 unspecified atom stereocenters. The molecule has 0 aliphatic carbocycles. The third-order valence-electron chi connectivity index (χ3n) is 2.61. The van der Waals surface area contributed by atoms with Crippen molar-refractivity contribution >= 4 is 41.8 Å². The molecule has 1 atom stereocenters. The number of hydrogen-bond acceptors (Lipinski definition) is 9. The Hall–Kier alpha value is -3.71. The van der Waals surface area contributed by atoms with Gasteiger partial charge >= 0.3 is 41.8 Å². The zero-order valence-corrected chi connectivity index (χ0v) is 12.6. The third kappa shape index (κ3) is 6.81. The van der Waals surface area contributed by atoms with Gasteiger partial charge in [0.25, 0.3) is 0 Å². The number of carboxylic acid groups (broad SMARTS) is 5. The molecular weight excluding hydrogens is 368 g/mol. The van der Waals surface area contributed by atoms with Gasteiger partial charge in [0.05, 0.1) is 19.3 Å². The summed E-state index contributed by atoms with van der Waals surface area (Å²) in [6.45, 7) is 0. The second-order valence-corrected chi connectivity index (χ2v) is 4.66. The van der Waals surface area contributed by atoms with E-state index in [-0.39, 0.29) is 0 Å². The van der Waals surface area contributed by atoms with Crippen LogP contribution in [0.15, 0.2) is 0 Å². The molecule has 0 spiro atoms. The van der Waals surface area contributed by atoms with Crippen LogP contribution in [0.1, 0.15) is 19.3 Å². The number of carbonyl (C=O) groups is 7. The molecule has 26 heavy (non-hydrogen) atoms. The van der Waals surface area contributed by atoms with Crippen molar-refractivity contribution in [2.75, 3.05) is 0 Å². The number of carbonyl (C=O) groups excluding carboxylic acids is 2. The van der Waals surface area contributed by atoms with E-state index in [2.05, 4.69) is 9.47 Å². The van der Waals surface area contributed by atoms with Crippen LogP contribution in [0, 0.1) is 0 Å². The first-order valence-electron chi connectivity index (χ1n) is 6.36. The number of esters is 2. The molecule has 0 aromatic carbocycles. The Morgan fingerprint density at radius 3 is 1.54 bits per heavy atom. The molecule has 0 aromatic rings. The summed E-state index contributed by atoms with van der Waals surface area (Å²) in [5, 5.41) is 43.5. The van der Waals surface area contributed by atoms with E-state index in [1.807, 2.05) is 0 Å². The van der Waals surface area contributed by atoms with Gasteiger partial charge in [-0.2, -0.15) is 0 Å². The molecule has 14 nitrogen and oxygen atoms in total. The average Bonchev–Trinajstić information content (AvgIpc) is 2.43. The van der Waals surface area contributed by atoms with Crippen LogP contribution in [0.5, 0.6) is 0 Å². The van der Waals surface area contributed by atoms with Gasteiger partial charge in [0.1, 0.15) is 0 Å². The molecule has 144 valence electrons. The molecule has 14 heteroatoms. The van der Waals surface area contributed by atoms with E-state index in [0.29, 0.717) is 0 Å². The Bertz CT molecular complexity index is 630. The molecule has 0 aliphatic rings. The normalized spacial score (nSPS) is 11.7. The van der Waals surface area contributed by atoms with Crippen molar-refractivity contribution in [2.45, 2.75) is 31.0 Å². The highest BCUT2D eigenvalue weighted by Gasteiger charge is 2.49. The Kier molecular flexibility index (Phi) is 7.67. The summed E-state index contributed by atoms with van der Waals surface area (Å²) in [5.41, 5.74) is -3.15. The van der Waals surface area contributed by atoms with Crippen LogP contribution in [-0.2, 0) is 43.0 Å². The van der Waals surface area contributed by atoms with E-state index in [1.165, 1.54) is 0 Å². The second kappa shape index (κ2) is 8.95. The lowest BCUT2D eigenvalue weighted by molar-refractivity contribution is -0.196. The van der Waals surface area contributed by atoms with Crippen molar-refractivity contribution in [3.63, 3.8) is 0 Å². The lowest BCUT2D eigenvalue weighted by Crippen LogP contribution is -2.49. The van der Waals surface area contributed by atoms with Gasteiger partial charge in [0.2, 0.25) is 11.7 Å². The summed E-state index contributed by atoms with van der Waals surface area (Å²) in [7, 11) is 0. The van der Waals surface area contributed by atoms with Crippen molar-refractivity contribution in [1.82, 2.24) is 0 Å². The number of aliphatic carboxylic acids is 5. The quantitative estimate of drug-likeness (QED) is 0.199. The van der Waals surface area contributed by atoms with Crippen LogP contribution < -0.4 is 0 Å². The highest BCUT2D eigenvalue weighted by atomic mass is 16.6. The van der Waals surface area contributed by atoms with Crippen molar-refractivity contribution < 1.29 is 68.6 Å². The minimum absolute atomic E-state index is 1.35. The van der Waals surface area contributed by atoms with Gasteiger partial charge in [0.15, 0.2) is 0 Å². The van der Waals surface area contributed by atoms with Gasteiger partial charge in [-0.1, -0.05) is 0 Å². The van der Waals surface area contributed by atoms with E-state index in [4.69, 9.17) is 25.5 Å². The van der Waals surface area contributed by atoms with Gasteiger partial charge in [-0.15, -0.1) is 0 Å². The van der Waals surface area contributed by atoms with Crippen molar-refractivity contribution in [3.05, 3.63) is 0 Å². The molecule has 0 amide bonds. The Morgan fingerprint density at radius 1 is 0.769 bits per heavy atom. The van der Waals surface area contributed by atoms with E-state index < -0.39 is 72.8 Å². The molecule has 0 heterocycles. The molecule has 5 N–H and O–H groups in total. The van der Waals surface area contributed by atoms with E-state index in [9.17, 15) is 33.6 Å². The van der Waals surface area contributed by atoms with Gasteiger partial charge in [-0.25, -0.2) is 19.2 Å². The van der Waals surface area contributed by atoms with Crippen LogP contribution in [0.4, 0.5) is 0 Å². The average molecular weight is 380 g/mol. The molecule has 0 aliphatic heterocycles. The van der Waals surface area contributed by atoms with Crippen LogP contribution in [0.25, 0.3) is 0 Å². The van der Waals surface area contributed by atoms with E-state index in [0.717, 1.165) is 0 Å². The highest BCUT2D eigenvalue weighted by Crippen LogP contribution is 2.24. The van der Waals surface area contributed by atoms with E-state index >= 15 is 0 Å². The van der Waals surface area contributed by atoms with Crippen LogP contribution in [-0.4, -0.2) is 79.0 Å². The van der Waals surface area contributed by atoms with Crippen LogP contribution >= 0.6 is 0 Å². The molecule has 0 aromatic heterocycles. The van der Waals surface area contributed by atoms with Crippen molar-refractivity contribution in [3.8, 4) is 0 Å². The number of carboxylic acids is 5. The monoisotopic (exact) mass is 380 g/mol. The molecule has 0 bridgehead atoms. The van der Waals surface area contributed by atoms with Gasteiger partial charge in [-0.05, 0) is 0 Å². The standard InChI is InChI=1S/C12H12O14/c13-5(14)1-4(25-10(22)8(19)20)9(21)26-12(11(23)24,2-6(15)16)3-7(17)18/h4H,1-3H2,(H,13,14)(H,15,16)(H,17,18)(H,19,20)(H,23,24). The Morgan fingerprint density at radius 2 is 1.23 bits per heavy atom. The first-order valence-corrected chi connectivity index (χ1v) is 6.36. The lowest BCUT2D eigenvalue weighted by Gasteiger charge is -2.27. The maximum Gasteiger partial charge on any atom is 0.418 e. The fourth-order valence-electron chi connectivity index (χ4n) is 1.59. The van der Waals surface area contributed by atoms with Crippen molar-refractivity contribution in [2.24, 2.45) is 0 Å². The largest absolute Gasteiger partial charge is 0.481 e. The van der Waals surface area contributed by atoms with Gasteiger partial charge in [-0.3, -0.25) is 14.4 Å². The zero-order valence-electron chi connectivity index (χ0n) is 12.6. The Balaban J connectivity index is 5.74. The summed E-state index contributed by atoms with van der Waals surface area (Å²) in [6.07, 6.45) is -6.86. The molecule has 0 fully saturated rings. The molecule has 0 rings (SSSR count). The summed E-state index contributed by atoms with van der Waals surface area (Å²) in [5.74, 6) is -14.0. The summed E-state index contributed by atoms with van der Waals surface area (Å²) in [6, 6.07) is 0. The summed E-state index contributed by atoms with van der Waals surface area (Å²) < 4.78 is 8.37. The van der Waals surface area contributed by atoms with E-state index in [1.54, 1.807) is 0 Å². The fourth-order valence-corrected chi connectivity index (χ4v) is 1.59. The number of rotatable bonds is 10. The lowest BCUT2D eigenvalue weighted by atomic mass is 9.95. The zero-order chi connectivity index (χ0) is 20.7. The number of ether oxygens (including phenoxy) is 2. The topological polar surface area (TPSA) is 239 Å². The van der Waals surface area contributed by atoms with Gasteiger partial charge in [0, 0.05) is 0 Å². The predicted molar refractivity (Wildman–Crippen MR) is 70.7 cm³/mol. The SMILES string of the molecule is O=C(O)CC(OC(=O)C(=O)O)C(=O)OC(CC(=O)O)(CC(=O)O)C(=O)O. The highest BCUT2D eigenvalue weighted by molar-refractivity contribution is 6.29. The third-order valence-corrected chi connectivity index (χ3v) is 2.61. The second-order valence-electron chi connectivity index (χ2n) is 4.66. The summed E-state index contributed by atoms with van der Waals surface area (Å²) in [4.78, 5) is 76.8. The van der Waals surface area contributed by atoms with Crippen molar-refractivity contribution in [1.29, 1.82) is 0 Å². The maximum absolute atomic E-state index is 11.9. The van der Waals surface area contributed by atoms with Crippen LogP contribution in [0.2, 0.25) is 0 Å². The number of hydrogen-bond donors (Lipinski definition) is 5. The first kappa shape index (κ1) is 22.3. The summed E-state index contributed by atoms with van der Waals surface area (Å²) >= 11 is 0.